The van der Waals surface area contributed by atoms with Crippen molar-refractivity contribution in [2.75, 3.05) is 0 Å². The molecule has 0 bridgehead atoms. The highest BCUT2D eigenvalue weighted by molar-refractivity contribution is 5.98. The predicted octanol–water partition coefficient (Wildman–Crippen LogP) is 0.857. The number of carbonyl (C=O) groups is 3. The number of esters is 2. The van der Waals surface area contributed by atoms with E-state index in [1.807, 2.05) is 0 Å². The van der Waals surface area contributed by atoms with E-state index < -0.39 is 11.9 Å². The molecule has 0 N–H and O–H groups in total. The van der Waals surface area contributed by atoms with Gasteiger partial charge in [-0.25, -0.2) is 0 Å². The van der Waals surface area contributed by atoms with Gasteiger partial charge in [-0.15, -0.1) is 6.58 Å². The first-order valence-electron chi connectivity index (χ1n) is 4.41. The van der Waals surface area contributed by atoms with Crippen LogP contribution in [0.4, 0.5) is 0 Å². The van der Waals surface area contributed by atoms with Crippen LogP contribution < -0.4 is 0 Å². The lowest BCUT2D eigenvalue weighted by molar-refractivity contribution is -0.161. The fourth-order valence-electron chi connectivity index (χ4n) is 1.17. The molecular formula is C10H12O4. The van der Waals surface area contributed by atoms with Gasteiger partial charge in [0.25, 0.3) is 0 Å². The Kier molecular flexibility index (Phi) is 3.17. The molecule has 4 heteroatoms. The number of hydrogen-bond acceptors (Lipinski definition) is 4. The highest BCUT2D eigenvalue weighted by Gasteiger charge is 2.42. The molecule has 76 valence electrons. The molecule has 0 spiro atoms. The van der Waals surface area contributed by atoms with Crippen molar-refractivity contribution in [3.05, 3.63) is 12.7 Å². The summed E-state index contributed by atoms with van der Waals surface area (Å²) in [6, 6.07) is 0. The lowest BCUT2D eigenvalue weighted by atomic mass is 10.3. The van der Waals surface area contributed by atoms with Gasteiger partial charge in [0.1, 0.15) is 12.2 Å². The number of Topliss-reactive ketones (excluding diaryl/α,β-unsaturated/α-hetero) is 1. The smallest absolute Gasteiger partial charge is 0.320 e. The highest BCUT2D eigenvalue weighted by atomic mass is 16.6. The maximum absolute atomic E-state index is 11.2. The summed E-state index contributed by atoms with van der Waals surface area (Å²) < 4.78 is 4.47. The van der Waals surface area contributed by atoms with Gasteiger partial charge in [-0.2, -0.15) is 0 Å². The van der Waals surface area contributed by atoms with E-state index in [0.29, 0.717) is 6.42 Å². The quantitative estimate of drug-likeness (QED) is 0.380. The molecule has 1 saturated carbocycles. The van der Waals surface area contributed by atoms with Gasteiger partial charge in [-0.05, 0) is 19.3 Å². The Balaban J connectivity index is 2.31. The van der Waals surface area contributed by atoms with Gasteiger partial charge >= 0.3 is 11.9 Å². The Labute approximate surface area is 81.9 Å². The lowest BCUT2D eigenvalue weighted by Gasteiger charge is -1.99. The van der Waals surface area contributed by atoms with E-state index in [0.717, 1.165) is 0 Å². The molecule has 14 heavy (non-hydrogen) atoms. The topological polar surface area (TPSA) is 60.4 Å². The van der Waals surface area contributed by atoms with Gasteiger partial charge < -0.3 is 4.74 Å². The van der Waals surface area contributed by atoms with E-state index in [-0.39, 0.29) is 24.0 Å². The van der Waals surface area contributed by atoms with Gasteiger partial charge in [0.05, 0.1) is 5.92 Å². The van der Waals surface area contributed by atoms with Crippen LogP contribution in [-0.4, -0.2) is 17.7 Å². The zero-order valence-corrected chi connectivity index (χ0v) is 7.99. The van der Waals surface area contributed by atoms with Gasteiger partial charge in [-0.3, -0.25) is 14.4 Å². The van der Waals surface area contributed by atoms with Crippen molar-refractivity contribution < 1.29 is 19.1 Å². The minimum absolute atomic E-state index is 0.132. The van der Waals surface area contributed by atoms with Crippen molar-refractivity contribution in [3.63, 3.8) is 0 Å². The second kappa shape index (κ2) is 4.17. The summed E-state index contributed by atoms with van der Waals surface area (Å²) in [6.45, 7) is 4.81. The van der Waals surface area contributed by atoms with Crippen molar-refractivity contribution in [2.45, 2.75) is 19.8 Å². The monoisotopic (exact) mass is 196 g/mol. The first-order valence-corrected chi connectivity index (χ1v) is 4.41. The Bertz CT molecular complexity index is 292. The average molecular weight is 196 g/mol. The summed E-state index contributed by atoms with van der Waals surface area (Å²) in [4.78, 5) is 32.6. The zero-order chi connectivity index (χ0) is 10.7. The lowest BCUT2D eigenvalue weighted by Crippen LogP contribution is -2.16. The predicted molar refractivity (Wildman–Crippen MR) is 48.2 cm³/mol. The van der Waals surface area contributed by atoms with Crippen LogP contribution in [0.3, 0.4) is 0 Å². The van der Waals surface area contributed by atoms with Crippen LogP contribution in [0.1, 0.15) is 19.8 Å². The number of ketones is 1. The average Bonchev–Trinajstić information content (AvgIpc) is 2.80. The van der Waals surface area contributed by atoms with E-state index in [4.69, 9.17) is 0 Å². The fourth-order valence-corrected chi connectivity index (χ4v) is 1.17. The third-order valence-electron chi connectivity index (χ3n) is 2.05. The SMILES string of the molecule is C=CC1CC1C(=O)OC(=O)CC(C)=O. The van der Waals surface area contributed by atoms with Crippen molar-refractivity contribution in [2.24, 2.45) is 11.8 Å². The molecular weight excluding hydrogens is 184 g/mol. The third-order valence-corrected chi connectivity index (χ3v) is 2.05. The molecule has 0 amide bonds. The number of hydrogen-bond donors (Lipinski definition) is 0. The van der Waals surface area contributed by atoms with Gasteiger partial charge in [0, 0.05) is 0 Å². The molecule has 0 aromatic rings. The van der Waals surface area contributed by atoms with Crippen LogP contribution in [-0.2, 0) is 19.1 Å². The molecule has 0 aromatic heterocycles. The molecule has 1 rings (SSSR count). The summed E-state index contributed by atoms with van der Waals surface area (Å²) in [5, 5.41) is 0. The minimum atomic E-state index is -0.766. The summed E-state index contributed by atoms with van der Waals surface area (Å²) in [5.41, 5.74) is 0. The third kappa shape index (κ3) is 2.80. The molecule has 0 radical (unpaired) electrons. The van der Waals surface area contributed by atoms with E-state index in [9.17, 15) is 14.4 Å². The summed E-state index contributed by atoms with van der Waals surface area (Å²) >= 11 is 0. The Morgan fingerprint density at radius 3 is 2.57 bits per heavy atom. The molecule has 1 aliphatic rings. The van der Waals surface area contributed by atoms with Crippen LogP contribution >= 0.6 is 0 Å². The van der Waals surface area contributed by atoms with Gasteiger partial charge in [-0.1, -0.05) is 6.08 Å². The van der Waals surface area contributed by atoms with Crippen LogP contribution in [0.25, 0.3) is 0 Å². The van der Waals surface area contributed by atoms with Gasteiger partial charge in [0.15, 0.2) is 0 Å². The van der Waals surface area contributed by atoms with Crippen molar-refractivity contribution in [3.8, 4) is 0 Å². The summed E-state index contributed by atoms with van der Waals surface area (Å²) in [6.07, 6.45) is 2.02. The van der Waals surface area contributed by atoms with Crippen molar-refractivity contribution >= 4 is 17.7 Å². The normalized spacial score (nSPS) is 23.8. The second-order valence-electron chi connectivity index (χ2n) is 3.41. The largest absolute Gasteiger partial charge is 0.393 e. The number of carbonyl (C=O) groups excluding carboxylic acids is 3. The van der Waals surface area contributed by atoms with Gasteiger partial charge in [0.2, 0.25) is 0 Å². The number of allylic oxidation sites excluding steroid dienone is 1. The number of ether oxygens (including phenoxy) is 1. The van der Waals surface area contributed by atoms with E-state index in [2.05, 4.69) is 11.3 Å². The molecule has 2 unspecified atom stereocenters. The molecule has 0 saturated heterocycles. The van der Waals surface area contributed by atoms with Crippen LogP contribution in [0.15, 0.2) is 12.7 Å². The highest BCUT2D eigenvalue weighted by Crippen LogP contribution is 2.40. The molecule has 1 fully saturated rings. The van der Waals surface area contributed by atoms with Crippen LogP contribution in [0.5, 0.6) is 0 Å². The molecule has 0 aromatic carbocycles. The summed E-state index contributed by atoms with van der Waals surface area (Å²) in [7, 11) is 0. The first kappa shape index (κ1) is 10.6. The molecule has 2 atom stereocenters. The fraction of sp³-hybridized carbons (Fsp3) is 0.500. The maximum atomic E-state index is 11.2. The van der Waals surface area contributed by atoms with E-state index in [1.165, 1.54) is 6.92 Å². The molecule has 1 aliphatic carbocycles. The van der Waals surface area contributed by atoms with Crippen LogP contribution in [0, 0.1) is 11.8 Å². The van der Waals surface area contributed by atoms with E-state index in [1.54, 1.807) is 6.08 Å². The Morgan fingerprint density at radius 1 is 1.50 bits per heavy atom. The van der Waals surface area contributed by atoms with Crippen molar-refractivity contribution in [1.82, 2.24) is 0 Å². The standard InChI is InChI=1S/C10H12O4/c1-3-7-5-8(7)10(13)14-9(12)4-6(2)11/h3,7-8H,1,4-5H2,2H3. The van der Waals surface area contributed by atoms with E-state index >= 15 is 0 Å². The number of rotatable bonds is 4. The van der Waals surface area contributed by atoms with Crippen molar-refractivity contribution in [1.29, 1.82) is 0 Å². The van der Waals surface area contributed by atoms with Crippen LogP contribution in [0.2, 0.25) is 0 Å². The molecule has 4 nitrogen and oxygen atoms in total. The molecule has 0 aliphatic heterocycles. The Morgan fingerprint density at radius 2 is 2.14 bits per heavy atom. The first-order chi connectivity index (χ1) is 6.54. The second-order valence-corrected chi connectivity index (χ2v) is 3.41. The minimum Gasteiger partial charge on any atom is -0.393 e. The Hall–Kier alpha value is -1.45. The zero-order valence-electron chi connectivity index (χ0n) is 7.99. The molecule has 0 heterocycles. The summed E-state index contributed by atoms with van der Waals surface area (Å²) in [5.74, 6) is -1.71. The maximum Gasteiger partial charge on any atom is 0.320 e.